The molecule has 3 aromatic rings. The number of rotatable bonds is 3. The topological polar surface area (TPSA) is 46.5 Å². The van der Waals surface area contributed by atoms with Gasteiger partial charge in [0.2, 0.25) is 0 Å². The minimum Gasteiger partial charge on any atom is -0.494 e. The lowest BCUT2D eigenvalue weighted by molar-refractivity contribution is 0.0703. The molecule has 0 spiro atoms. The third kappa shape index (κ3) is 2.43. The highest BCUT2D eigenvalue weighted by Gasteiger charge is 2.26. The van der Waals surface area contributed by atoms with Crippen LogP contribution in [0, 0.1) is 17.5 Å². The first-order chi connectivity index (χ1) is 10.9. The van der Waals surface area contributed by atoms with E-state index in [-0.39, 0.29) is 21.6 Å². The monoisotopic (exact) mass is 338 g/mol. The standard InChI is InChI=1S/C16H9F3O3S/c1-22-10-5-4-9(18)13(14(10)19)12-8-3-2-7(17)6-11(8)23-15(12)16(20)21/h2-6H,1H3,(H,20,21). The maximum atomic E-state index is 14.5. The van der Waals surface area contributed by atoms with Crippen molar-refractivity contribution in [3.05, 3.63) is 52.7 Å². The highest BCUT2D eigenvalue weighted by atomic mass is 32.1. The molecule has 23 heavy (non-hydrogen) atoms. The third-order valence-electron chi connectivity index (χ3n) is 3.37. The van der Waals surface area contributed by atoms with Gasteiger partial charge in [0, 0.05) is 15.6 Å². The second kappa shape index (κ2) is 5.58. The number of methoxy groups -OCH3 is 1. The van der Waals surface area contributed by atoms with Crippen LogP contribution in [-0.4, -0.2) is 18.2 Å². The van der Waals surface area contributed by atoms with Crippen LogP contribution in [-0.2, 0) is 0 Å². The fraction of sp³-hybridized carbons (Fsp3) is 0.0625. The molecule has 0 saturated heterocycles. The Morgan fingerprint density at radius 2 is 1.87 bits per heavy atom. The van der Waals surface area contributed by atoms with Crippen molar-refractivity contribution in [2.75, 3.05) is 7.11 Å². The second-order valence-corrected chi connectivity index (χ2v) is 5.74. The number of fused-ring (bicyclic) bond motifs is 1. The van der Waals surface area contributed by atoms with Gasteiger partial charge in [-0.3, -0.25) is 0 Å². The molecule has 0 aliphatic carbocycles. The molecule has 3 nitrogen and oxygen atoms in total. The Labute approximate surface area is 132 Å². The number of hydrogen-bond acceptors (Lipinski definition) is 3. The van der Waals surface area contributed by atoms with E-state index in [1.807, 2.05) is 0 Å². The van der Waals surface area contributed by atoms with Crippen molar-refractivity contribution in [1.82, 2.24) is 0 Å². The second-order valence-electron chi connectivity index (χ2n) is 4.69. The number of halogens is 3. The van der Waals surface area contributed by atoms with Crippen LogP contribution >= 0.6 is 11.3 Å². The van der Waals surface area contributed by atoms with Gasteiger partial charge in [-0.1, -0.05) is 0 Å². The Hall–Kier alpha value is -2.54. The molecule has 1 aromatic heterocycles. The van der Waals surface area contributed by atoms with E-state index in [4.69, 9.17) is 4.74 Å². The van der Waals surface area contributed by atoms with Gasteiger partial charge in [-0.05, 0) is 30.3 Å². The van der Waals surface area contributed by atoms with Crippen LogP contribution in [0.2, 0.25) is 0 Å². The van der Waals surface area contributed by atoms with Crippen molar-refractivity contribution < 1.29 is 27.8 Å². The number of ether oxygens (including phenoxy) is 1. The van der Waals surface area contributed by atoms with E-state index in [0.717, 1.165) is 35.6 Å². The van der Waals surface area contributed by atoms with E-state index in [1.165, 1.54) is 13.2 Å². The number of hydrogen-bond donors (Lipinski definition) is 1. The molecule has 0 amide bonds. The van der Waals surface area contributed by atoms with Crippen molar-refractivity contribution in [2.45, 2.75) is 0 Å². The molecular weight excluding hydrogens is 329 g/mol. The van der Waals surface area contributed by atoms with E-state index in [0.29, 0.717) is 4.70 Å². The first-order valence-electron chi connectivity index (χ1n) is 6.41. The van der Waals surface area contributed by atoms with E-state index >= 15 is 0 Å². The summed E-state index contributed by atoms with van der Waals surface area (Å²) in [7, 11) is 1.22. The predicted octanol–water partition coefficient (Wildman–Crippen LogP) is 4.69. The summed E-state index contributed by atoms with van der Waals surface area (Å²) >= 11 is 0.758. The molecule has 1 heterocycles. The molecule has 2 aromatic carbocycles. The molecule has 0 unspecified atom stereocenters. The van der Waals surface area contributed by atoms with Crippen LogP contribution in [0.4, 0.5) is 13.2 Å². The fourth-order valence-electron chi connectivity index (χ4n) is 2.39. The first kappa shape index (κ1) is 15.4. The maximum absolute atomic E-state index is 14.5. The third-order valence-corrected chi connectivity index (χ3v) is 4.51. The Balaban J connectivity index is 2.45. The summed E-state index contributed by atoms with van der Waals surface area (Å²) in [5, 5.41) is 9.61. The largest absolute Gasteiger partial charge is 0.494 e. The van der Waals surface area contributed by atoms with Crippen LogP contribution in [0.15, 0.2) is 30.3 Å². The summed E-state index contributed by atoms with van der Waals surface area (Å²) in [6, 6.07) is 5.66. The van der Waals surface area contributed by atoms with Gasteiger partial charge in [0.1, 0.15) is 16.5 Å². The number of carboxylic acid groups (broad SMARTS) is 1. The van der Waals surface area contributed by atoms with Crippen molar-refractivity contribution in [3.63, 3.8) is 0 Å². The zero-order valence-corrected chi connectivity index (χ0v) is 12.5. The van der Waals surface area contributed by atoms with Gasteiger partial charge >= 0.3 is 5.97 Å². The first-order valence-corrected chi connectivity index (χ1v) is 7.23. The van der Waals surface area contributed by atoms with Gasteiger partial charge in [-0.2, -0.15) is 0 Å². The molecule has 1 N–H and O–H groups in total. The van der Waals surface area contributed by atoms with Gasteiger partial charge in [0.25, 0.3) is 0 Å². The number of carboxylic acids is 1. The molecule has 3 rings (SSSR count). The van der Waals surface area contributed by atoms with Gasteiger partial charge < -0.3 is 9.84 Å². The van der Waals surface area contributed by atoms with Gasteiger partial charge in [-0.15, -0.1) is 11.3 Å². The lowest BCUT2D eigenvalue weighted by atomic mass is 10.00. The Bertz CT molecular complexity index is 934. The lowest BCUT2D eigenvalue weighted by Gasteiger charge is -2.09. The smallest absolute Gasteiger partial charge is 0.346 e. The number of benzene rings is 2. The molecular formula is C16H9F3O3S. The average molecular weight is 338 g/mol. The van der Waals surface area contributed by atoms with Gasteiger partial charge in [-0.25, -0.2) is 18.0 Å². The summed E-state index contributed by atoms with van der Waals surface area (Å²) in [5.41, 5.74) is -0.619. The van der Waals surface area contributed by atoms with Crippen LogP contribution < -0.4 is 4.74 Å². The molecule has 0 atom stereocenters. The highest BCUT2D eigenvalue weighted by molar-refractivity contribution is 7.21. The van der Waals surface area contributed by atoms with E-state index in [1.54, 1.807) is 0 Å². The lowest BCUT2D eigenvalue weighted by Crippen LogP contribution is -2.00. The SMILES string of the molecule is COc1ccc(F)c(-c2c(C(=O)O)sc3cc(F)ccc23)c1F. The molecule has 0 bridgehead atoms. The zero-order chi connectivity index (χ0) is 16.7. The zero-order valence-electron chi connectivity index (χ0n) is 11.7. The summed E-state index contributed by atoms with van der Waals surface area (Å²) in [6.07, 6.45) is 0. The number of thiophene rings is 1. The van der Waals surface area contributed by atoms with Crippen molar-refractivity contribution in [1.29, 1.82) is 0 Å². The Kier molecular flexibility index (Phi) is 3.73. The van der Waals surface area contributed by atoms with Crippen LogP contribution in [0.5, 0.6) is 5.75 Å². The van der Waals surface area contributed by atoms with E-state index in [2.05, 4.69) is 0 Å². The summed E-state index contributed by atoms with van der Waals surface area (Å²) in [6.45, 7) is 0. The van der Waals surface area contributed by atoms with E-state index in [9.17, 15) is 23.1 Å². The summed E-state index contributed by atoms with van der Waals surface area (Å²) in [4.78, 5) is 11.2. The van der Waals surface area contributed by atoms with Crippen molar-refractivity contribution in [2.24, 2.45) is 0 Å². The molecule has 0 aliphatic heterocycles. The molecule has 0 fully saturated rings. The van der Waals surface area contributed by atoms with Gasteiger partial charge in [0.05, 0.1) is 12.7 Å². The summed E-state index contributed by atoms with van der Waals surface area (Å²) in [5.74, 6) is -4.04. The number of aromatic carboxylic acids is 1. The van der Waals surface area contributed by atoms with Crippen LogP contribution in [0.25, 0.3) is 21.2 Å². The molecule has 118 valence electrons. The van der Waals surface area contributed by atoms with Crippen LogP contribution in [0.1, 0.15) is 9.67 Å². The van der Waals surface area contributed by atoms with Gasteiger partial charge in [0.15, 0.2) is 11.6 Å². The average Bonchev–Trinajstić information content (AvgIpc) is 2.86. The fourth-order valence-corrected chi connectivity index (χ4v) is 3.46. The predicted molar refractivity (Wildman–Crippen MR) is 80.6 cm³/mol. The summed E-state index contributed by atoms with van der Waals surface area (Å²) < 4.78 is 47.2. The van der Waals surface area contributed by atoms with Crippen molar-refractivity contribution >= 4 is 27.4 Å². The molecule has 0 radical (unpaired) electrons. The maximum Gasteiger partial charge on any atom is 0.346 e. The van der Waals surface area contributed by atoms with Crippen LogP contribution in [0.3, 0.4) is 0 Å². The highest BCUT2D eigenvalue weighted by Crippen LogP contribution is 2.42. The van der Waals surface area contributed by atoms with Crippen molar-refractivity contribution in [3.8, 4) is 16.9 Å². The minimum absolute atomic E-state index is 0.119. The minimum atomic E-state index is -1.34. The Morgan fingerprint density at radius 1 is 1.13 bits per heavy atom. The normalized spacial score (nSPS) is 11.0. The quantitative estimate of drug-likeness (QED) is 0.753. The molecule has 7 heteroatoms. The molecule has 0 saturated carbocycles. The van der Waals surface area contributed by atoms with E-state index < -0.39 is 29.0 Å². The molecule has 0 aliphatic rings. The number of carbonyl (C=O) groups is 1. The Morgan fingerprint density at radius 3 is 2.52 bits per heavy atom.